The lowest BCUT2D eigenvalue weighted by Crippen LogP contribution is -2.39. The molecule has 1 aliphatic carbocycles. The lowest BCUT2D eigenvalue weighted by atomic mass is 9.98. The number of hydrogen-bond donors (Lipinski definition) is 1. The van der Waals surface area contributed by atoms with Gasteiger partial charge in [-0.25, -0.2) is 0 Å². The van der Waals surface area contributed by atoms with Gasteiger partial charge in [-0.15, -0.1) is 0 Å². The summed E-state index contributed by atoms with van der Waals surface area (Å²) in [4.78, 5) is 24.2. The molecule has 1 amide bonds. The average molecular weight is 349 g/mol. The topological polar surface area (TPSA) is 70.0 Å². The highest BCUT2D eigenvalue weighted by Crippen LogP contribution is 2.49. The number of benzene rings is 1. The number of halogens is 1. The highest BCUT2D eigenvalue weighted by Gasteiger charge is 2.47. The van der Waals surface area contributed by atoms with E-state index in [0.29, 0.717) is 6.42 Å². The molecule has 0 bridgehead atoms. The third-order valence-corrected chi connectivity index (χ3v) is 4.09. The summed E-state index contributed by atoms with van der Waals surface area (Å²) in [5, 5.41) is 11.7. The quantitative estimate of drug-likeness (QED) is 0.831. The predicted molar refractivity (Wildman–Crippen MR) is 82.4 cm³/mol. The Labute approximate surface area is 132 Å². The van der Waals surface area contributed by atoms with E-state index >= 15 is 0 Å². The number of carbonyl (C=O) groups excluding carboxylic acids is 2. The van der Waals surface area contributed by atoms with Crippen molar-refractivity contribution in [3.05, 3.63) is 34.3 Å². The van der Waals surface area contributed by atoms with Crippen LogP contribution in [0, 0.1) is 23.2 Å². The molecule has 0 saturated heterocycles. The fraction of sp³-hybridized carbons (Fsp3) is 0.438. The number of carbonyl (C=O) groups is 2. The van der Waals surface area contributed by atoms with E-state index in [9.17, 15) is 9.59 Å². The number of amides is 1. The summed E-state index contributed by atoms with van der Waals surface area (Å²) in [5.74, 6) is -2.03. The van der Waals surface area contributed by atoms with Crippen molar-refractivity contribution >= 4 is 27.6 Å². The van der Waals surface area contributed by atoms with E-state index in [1.807, 2.05) is 30.3 Å². The van der Waals surface area contributed by atoms with Crippen LogP contribution in [0.2, 0.25) is 0 Å². The van der Waals surface area contributed by atoms with E-state index < -0.39 is 11.8 Å². The maximum atomic E-state index is 12.3. The van der Waals surface area contributed by atoms with Gasteiger partial charge in [-0.1, -0.05) is 28.1 Å². The van der Waals surface area contributed by atoms with Gasteiger partial charge in [-0.3, -0.25) is 9.59 Å². The molecule has 0 radical (unpaired) electrons. The van der Waals surface area contributed by atoms with Crippen LogP contribution in [0.3, 0.4) is 0 Å². The maximum absolute atomic E-state index is 12.3. The van der Waals surface area contributed by atoms with Crippen LogP contribution in [0.5, 0.6) is 0 Å². The number of hydrogen-bond acceptors (Lipinski definition) is 3. The van der Waals surface area contributed by atoms with Crippen LogP contribution in [0.15, 0.2) is 28.7 Å². The van der Waals surface area contributed by atoms with Gasteiger partial charge in [0.05, 0.1) is 6.07 Å². The molecule has 4 nitrogen and oxygen atoms in total. The largest absolute Gasteiger partial charge is 0.352 e. The smallest absolute Gasteiger partial charge is 0.245 e. The molecule has 1 aliphatic rings. The van der Waals surface area contributed by atoms with Crippen molar-refractivity contribution in [3.63, 3.8) is 0 Å². The number of rotatable bonds is 5. The first kappa shape index (κ1) is 15.7. The van der Waals surface area contributed by atoms with Crippen molar-refractivity contribution in [2.75, 3.05) is 0 Å². The van der Waals surface area contributed by atoms with Gasteiger partial charge in [0.15, 0.2) is 11.7 Å². The normalized spacial score (nSPS) is 21.5. The summed E-state index contributed by atoms with van der Waals surface area (Å²) in [7, 11) is 0. The van der Waals surface area contributed by atoms with Crippen LogP contribution < -0.4 is 5.32 Å². The van der Waals surface area contributed by atoms with Gasteiger partial charge in [0.2, 0.25) is 5.91 Å². The van der Waals surface area contributed by atoms with Crippen LogP contribution in [0.1, 0.15) is 31.7 Å². The molecule has 1 aromatic carbocycles. The number of ketones is 1. The zero-order valence-corrected chi connectivity index (χ0v) is 13.6. The molecular formula is C16H17BrN2O2. The van der Waals surface area contributed by atoms with Crippen LogP contribution in [-0.2, 0) is 9.59 Å². The van der Waals surface area contributed by atoms with E-state index in [1.165, 1.54) is 0 Å². The predicted octanol–water partition coefficient (Wildman–Crippen LogP) is 2.79. The van der Waals surface area contributed by atoms with Gasteiger partial charge in [0, 0.05) is 16.4 Å². The first-order valence-corrected chi connectivity index (χ1v) is 7.72. The zero-order chi connectivity index (χ0) is 15.6. The number of nitriles is 1. The zero-order valence-electron chi connectivity index (χ0n) is 12.0. The standard InChI is InChI=1S/C16H17BrN2O2/c1-9(2)19-16(21)14(8-18)15(20)13-7-12(13)10-3-5-11(17)6-4-10/h3-6,9,12-14H,7H2,1-2H3,(H,19,21)/t12-,13-,14+/m0/s1. The van der Waals surface area contributed by atoms with E-state index in [1.54, 1.807) is 13.8 Å². The number of nitrogens with one attached hydrogen (secondary N) is 1. The Morgan fingerprint density at radius 1 is 1.33 bits per heavy atom. The summed E-state index contributed by atoms with van der Waals surface area (Å²) in [6.45, 7) is 3.61. The molecule has 5 heteroatoms. The molecule has 2 rings (SSSR count). The minimum atomic E-state index is -1.20. The Morgan fingerprint density at radius 3 is 2.48 bits per heavy atom. The Morgan fingerprint density at radius 2 is 1.95 bits per heavy atom. The second-order valence-corrected chi connectivity index (χ2v) is 6.54. The molecule has 1 fully saturated rings. The lowest BCUT2D eigenvalue weighted by Gasteiger charge is -2.12. The Balaban J connectivity index is 2.03. The molecule has 0 spiro atoms. The molecule has 0 unspecified atom stereocenters. The van der Waals surface area contributed by atoms with Crippen molar-refractivity contribution in [1.82, 2.24) is 5.32 Å². The van der Waals surface area contributed by atoms with E-state index in [4.69, 9.17) is 5.26 Å². The summed E-state index contributed by atoms with van der Waals surface area (Å²) < 4.78 is 0.987. The molecule has 0 heterocycles. The highest BCUT2D eigenvalue weighted by atomic mass is 79.9. The highest BCUT2D eigenvalue weighted by molar-refractivity contribution is 9.10. The van der Waals surface area contributed by atoms with E-state index in [0.717, 1.165) is 10.0 Å². The summed E-state index contributed by atoms with van der Waals surface area (Å²) >= 11 is 3.37. The fourth-order valence-electron chi connectivity index (χ4n) is 2.42. The molecule has 1 N–H and O–H groups in total. The molecular weight excluding hydrogens is 332 g/mol. The van der Waals surface area contributed by atoms with Gasteiger partial charge >= 0.3 is 0 Å². The molecule has 3 atom stereocenters. The third-order valence-electron chi connectivity index (χ3n) is 3.56. The van der Waals surface area contributed by atoms with Gasteiger partial charge in [-0.05, 0) is 43.9 Å². The average Bonchev–Trinajstić information content (AvgIpc) is 3.19. The van der Waals surface area contributed by atoms with Gasteiger partial charge in [0.1, 0.15) is 0 Å². The van der Waals surface area contributed by atoms with Gasteiger partial charge in [-0.2, -0.15) is 5.26 Å². The van der Waals surface area contributed by atoms with Crippen LogP contribution in [-0.4, -0.2) is 17.7 Å². The van der Waals surface area contributed by atoms with Crippen molar-refractivity contribution in [3.8, 4) is 6.07 Å². The molecule has 1 saturated carbocycles. The monoisotopic (exact) mass is 348 g/mol. The first-order valence-electron chi connectivity index (χ1n) is 6.93. The van der Waals surface area contributed by atoms with Crippen molar-refractivity contribution in [1.29, 1.82) is 5.26 Å². The molecule has 0 aliphatic heterocycles. The van der Waals surface area contributed by atoms with Crippen molar-refractivity contribution < 1.29 is 9.59 Å². The fourth-order valence-corrected chi connectivity index (χ4v) is 2.69. The molecule has 21 heavy (non-hydrogen) atoms. The number of nitrogens with zero attached hydrogens (tertiary/aromatic N) is 1. The molecule has 1 aromatic rings. The van der Waals surface area contributed by atoms with E-state index in [2.05, 4.69) is 21.2 Å². The minimum absolute atomic E-state index is 0.0809. The van der Waals surface area contributed by atoms with Gasteiger partial charge < -0.3 is 5.32 Å². The van der Waals surface area contributed by atoms with Crippen LogP contribution in [0.25, 0.3) is 0 Å². The van der Waals surface area contributed by atoms with Crippen molar-refractivity contribution in [2.24, 2.45) is 11.8 Å². The lowest BCUT2D eigenvalue weighted by molar-refractivity contribution is -0.132. The summed E-state index contributed by atoms with van der Waals surface area (Å²) in [5.41, 5.74) is 1.08. The maximum Gasteiger partial charge on any atom is 0.245 e. The SMILES string of the molecule is CC(C)NC(=O)[C@H](C#N)C(=O)[C@H]1C[C@H]1c1ccc(Br)cc1. The Bertz CT molecular complexity index is 589. The Hall–Kier alpha value is -1.67. The Kier molecular flexibility index (Phi) is 4.79. The van der Waals surface area contributed by atoms with Crippen LogP contribution in [0.4, 0.5) is 0 Å². The third kappa shape index (κ3) is 3.70. The minimum Gasteiger partial charge on any atom is -0.352 e. The summed E-state index contributed by atoms with van der Waals surface area (Å²) in [6, 6.07) is 9.57. The van der Waals surface area contributed by atoms with Crippen molar-refractivity contribution in [2.45, 2.75) is 32.2 Å². The molecule has 0 aromatic heterocycles. The van der Waals surface area contributed by atoms with Crippen LogP contribution >= 0.6 is 15.9 Å². The van der Waals surface area contributed by atoms with E-state index in [-0.39, 0.29) is 23.7 Å². The number of Topliss-reactive ketones (excluding diaryl/α,β-unsaturated/α-hetero) is 1. The molecule has 110 valence electrons. The van der Waals surface area contributed by atoms with Gasteiger partial charge in [0.25, 0.3) is 0 Å². The second kappa shape index (κ2) is 6.40. The summed E-state index contributed by atoms with van der Waals surface area (Å²) in [6.07, 6.45) is 0.716. The first-order chi connectivity index (χ1) is 9.93. The second-order valence-electron chi connectivity index (χ2n) is 5.63.